The number of hydrogen-bond acceptors (Lipinski definition) is 6. The summed E-state index contributed by atoms with van der Waals surface area (Å²) >= 11 is 5.99. The van der Waals surface area contributed by atoms with E-state index in [1.165, 1.54) is 18.3 Å². The van der Waals surface area contributed by atoms with Gasteiger partial charge in [0.1, 0.15) is 17.0 Å². The number of aromatic nitrogens is 1. The summed E-state index contributed by atoms with van der Waals surface area (Å²) in [7, 11) is 0. The Bertz CT molecular complexity index is 1520. The third kappa shape index (κ3) is 7.37. The predicted molar refractivity (Wildman–Crippen MR) is 128 cm³/mol. The van der Waals surface area contributed by atoms with Gasteiger partial charge in [-0.15, -0.1) is 13.2 Å². The lowest BCUT2D eigenvalue weighted by molar-refractivity contribution is -0.275. The summed E-state index contributed by atoms with van der Waals surface area (Å²) in [4.78, 5) is 37.6. The number of fused-ring (bicyclic) bond motifs is 1. The van der Waals surface area contributed by atoms with Crippen molar-refractivity contribution in [2.24, 2.45) is 0 Å². The first-order chi connectivity index (χ1) is 19.4. The van der Waals surface area contributed by atoms with Crippen LogP contribution in [0.15, 0.2) is 54.7 Å². The zero-order valence-corrected chi connectivity index (χ0v) is 21.3. The number of rotatable bonds is 5. The second kappa shape index (κ2) is 12.1. The molecule has 0 aliphatic carbocycles. The van der Waals surface area contributed by atoms with Gasteiger partial charge in [-0.1, -0.05) is 17.7 Å². The van der Waals surface area contributed by atoms with Crippen LogP contribution in [0.5, 0.6) is 11.5 Å². The maximum absolute atomic E-state index is 14.7. The van der Waals surface area contributed by atoms with Gasteiger partial charge >= 0.3 is 24.5 Å². The molecule has 1 aliphatic heterocycles. The highest BCUT2D eigenvalue weighted by atomic mass is 35.5. The fraction of sp³-hybridized carbons (Fsp3) is 0.200. The molecule has 3 N–H and O–H groups in total. The number of ether oxygens (including phenoxy) is 2. The van der Waals surface area contributed by atoms with Crippen molar-refractivity contribution >= 4 is 29.4 Å². The van der Waals surface area contributed by atoms with Gasteiger partial charge in [-0.05, 0) is 48.0 Å². The highest BCUT2D eigenvalue weighted by Crippen LogP contribution is 2.42. The molecule has 0 unspecified atom stereocenters. The number of aromatic carboxylic acids is 1. The minimum atomic E-state index is -5.09. The largest absolute Gasteiger partial charge is 0.573 e. The monoisotopic (exact) mass is 624 g/mol. The summed E-state index contributed by atoms with van der Waals surface area (Å²) in [6.07, 6.45) is -8.70. The van der Waals surface area contributed by atoms with E-state index in [1.807, 2.05) is 0 Å². The first kappa shape index (κ1) is 31.9. The molecule has 1 aromatic heterocycles. The Morgan fingerprint density at radius 1 is 1.02 bits per heavy atom. The van der Waals surface area contributed by atoms with Crippen LogP contribution in [-0.2, 0) is 10.3 Å². The lowest BCUT2D eigenvalue weighted by atomic mass is 9.81. The molecular formula is C25H16ClF7N2O7. The van der Waals surface area contributed by atoms with Crippen molar-refractivity contribution in [2.75, 3.05) is 6.61 Å². The van der Waals surface area contributed by atoms with E-state index >= 15 is 0 Å². The van der Waals surface area contributed by atoms with Crippen molar-refractivity contribution in [3.05, 3.63) is 88.0 Å². The summed E-state index contributed by atoms with van der Waals surface area (Å²) < 4.78 is 93.5. The summed E-state index contributed by atoms with van der Waals surface area (Å²) in [5, 5.41) is 18.9. The van der Waals surface area contributed by atoms with Gasteiger partial charge < -0.3 is 25.0 Å². The lowest BCUT2D eigenvalue weighted by Crippen LogP contribution is -2.50. The van der Waals surface area contributed by atoms with E-state index in [0.29, 0.717) is 0 Å². The van der Waals surface area contributed by atoms with E-state index in [-0.39, 0.29) is 46.2 Å². The molecule has 4 rings (SSSR count). The molecule has 2 aromatic carbocycles. The van der Waals surface area contributed by atoms with Gasteiger partial charge in [0.2, 0.25) is 0 Å². The van der Waals surface area contributed by atoms with E-state index in [9.17, 15) is 40.3 Å². The van der Waals surface area contributed by atoms with Crippen molar-refractivity contribution in [1.29, 1.82) is 0 Å². The molecule has 0 radical (unpaired) electrons. The summed E-state index contributed by atoms with van der Waals surface area (Å²) in [6.45, 7) is 0.0695. The molecule has 2 heterocycles. The zero-order valence-electron chi connectivity index (χ0n) is 20.5. The number of hydrogen-bond donors (Lipinski definition) is 3. The molecule has 0 spiro atoms. The van der Waals surface area contributed by atoms with Gasteiger partial charge in [0, 0.05) is 18.2 Å². The van der Waals surface area contributed by atoms with Crippen LogP contribution in [0.2, 0.25) is 5.02 Å². The molecule has 0 saturated carbocycles. The maximum Gasteiger partial charge on any atom is 0.573 e. The number of benzene rings is 2. The Balaban J connectivity index is 0.000000616. The normalized spacial score (nSPS) is 16.2. The molecule has 1 aliphatic rings. The van der Waals surface area contributed by atoms with Gasteiger partial charge in [0.05, 0.1) is 17.2 Å². The van der Waals surface area contributed by atoms with Gasteiger partial charge in [-0.3, -0.25) is 9.78 Å². The molecule has 0 fully saturated rings. The standard InChI is InChI=1S/C23H15ClF4N2O5.C2HF3O2/c24-15-10-12(3-5-14(15)21(32)33)20(31)30-22(7-9-34-18-2-1-8-29-19(18)22)13-4-6-17(16(25)11-13)35-23(26,27)28;3-2(4,5)1(6)7/h1-6,8,10-11H,7,9H2,(H,30,31)(H,32,33);(H,6,7)/t22-;/m0./s1. The Kier molecular flexibility index (Phi) is 9.20. The van der Waals surface area contributed by atoms with Gasteiger partial charge in [0.25, 0.3) is 5.91 Å². The number of aliphatic carboxylic acids is 1. The fourth-order valence-electron chi connectivity index (χ4n) is 3.80. The van der Waals surface area contributed by atoms with E-state index in [2.05, 4.69) is 15.0 Å². The van der Waals surface area contributed by atoms with Crippen molar-refractivity contribution in [1.82, 2.24) is 10.3 Å². The molecular weight excluding hydrogens is 609 g/mol. The number of nitrogens with one attached hydrogen (secondary N) is 1. The molecule has 0 saturated heterocycles. The van der Waals surface area contributed by atoms with Crippen molar-refractivity contribution in [3.8, 4) is 11.5 Å². The smallest absolute Gasteiger partial charge is 0.491 e. The number of carboxylic acids is 2. The number of carbonyl (C=O) groups is 3. The highest BCUT2D eigenvalue weighted by Gasteiger charge is 2.43. The van der Waals surface area contributed by atoms with E-state index in [1.54, 1.807) is 12.1 Å². The van der Waals surface area contributed by atoms with Crippen molar-refractivity contribution < 1.29 is 64.8 Å². The first-order valence-electron chi connectivity index (χ1n) is 11.2. The van der Waals surface area contributed by atoms with Crippen LogP contribution >= 0.6 is 11.6 Å². The van der Waals surface area contributed by atoms with Crippen molar-refractivity contribution in [3.63, 3.8) is 0 Å². The SMILES string of the molecule is O=C(N[C@]1(c2ccc(OC(F)(F)F)c(F)c2)CCOc2cccnc21)c1ccc(C(=O)O)c(Cl)c1.O=C(O)C(F)(F)F. The van der Waals surface area contributed by atoms with E-state index in [0.717, 1.165) is 24.3 Å². The van der Waals surface area contributed by atoms with E-state index < -0.39 is 47.5 Å². The third-order valence-corrected chi connectivity index (χ3v) is 5.90. The molecule has 1 atom stereocenters. The van der Waals surface area contributed by atoms with Gasteiger partial charge in [0.15, 0.2) is 11.6 Å². The molecule has 3 aromatic rings. The molecule has 1 amide bonds. The van der Waals surface area contributed by atoms with Crippen LogP contribution in [0.4, 0.5) is 30.7 Å². The average molecular weight is 625 g/mol. The van der Waals surface area contributed by atoms with Crippen LogP contribution in [-0.4, -0.2) is 52.2 Å². The lowest BCUT2D eigenvalue weighted by Gasteiger charge is -2.39. The number of pyridine rings is 1. The summed E-state index contributed by atoms with van der Waals surface area (Å²) in [5.74, 6) is -6.80. The number of halogens is 8. The number of carboxylic acid groups (broad SMARTS) is 2. The third-order valence-electron chi connectivity index (χ3n) is 5.59. The van der Waals surface area contributed by atoms with Gasteiger partial charge in [-0.2, -0.15) is 13.2 Å². The molecule has 9 nitrogen and oxygen atoms in total. The topological polar surface area (TPSA) is 135 Å². The van der Waals surface area contributed by atoms with Crippen LogP contribution in [0, 0.1) is 5.82 Å². The highest BCUT2D eigenvalue weighted by molar-refractivity contribution is 6.33. The zero-order chi connectivity index (χ0) is 31.5. The number of amides is 1. The summed E-state index contributed by atoms with van der Waals surface area (Å²) in [6, 6.07) is 9.56. The second-order valence-corrected chi connectivity index (χ2v) is 8.71. The minimum Gasteiger partial charge on any atom is -0.491 e. The molecule has 224 valence electrons. The Morgan fingerprint density at radius 3 is 2.24 bits per heavy atom. The molecule has 0 bridgehead atoms. The Morgan fingerprint density at radius 2 is 1.69 bits per heavy atom. The second-order valence-electron chi connectivity index (χ2n) is 8.30. The minimum absolute atomic E-state index is 0.000782. The molecule has 17 heteroatoms. The van der Waals surface area contributed by atoms with Gasteiger partial charge in [-0.25, -0.2) is 14.0 Å². The Hall–Kier alpha value is -4.60. The predicted octanol–water partition coefficient (Wildman–Crippen LogP) is 5.56. The quantitative estimate of drug-likeness (QED) is 0.314. The van der Waals surface area contributed by atoms with Crippen LogP contribution < -0.4 is 14.8 Å². The molecule has 42 heavy (non-hydrogen) atoms. The number of nitrogens with zero attached hydrogens (tertiary/aromatic N) is 1. The van der Waals surface area contributed by atoms with Crippen molar-refractivity contribution in [2.45, 2.75) is 24.5 Å². The van der Waals surface area contributed by atoms with Crippen LogP contribution in [0.1, 0.15) is 38.4 Å². The first-order valence-corrected chi connectivity index (χ1v) is 11.6. The van der Waals surface area contributed by atoms with E-state index in [4.69, 9.17) is 31.3 Å². The van der Waals surface area contributed by atoms with Crippen LogP contribution in [0.3, 0.4) is 0 Å². The number of alkyl halides is 6. The maximum atomic E-state index is 14.7. The number of carbonyl (C=O) groups excluding carboxylic acids is 1. The Labute approximate surface area is 235 Å². The fourth-order valence-corrected chi connectivity index (χ4v) is 4.07. The summed E-state index contributed by atoms with van der Waals surface area (Å²) in [5.41, 5.74) is -1.41. The average Bonchev–Trinajstić information content (AvgIpc) is 2.88. The van der Waals surface area contributed by atoms with Crippen LogP contribution in [0.25, 0.3) is 0 Å².